The zero-order chi connectivity index (χ0) is 20.1. The molecule has 0 atom stereocenters. The highest BCUT2D eigenvalue weighted by Gasteiger charge is 2.16. The van der Waals surface area contributed by atoms with Gasteiger partial charge in [0, 0.05) is 30.5 Å². The molecule has 1 aliphatic heterocycles. The molecule has 0 unspecified atom stereocenters. The maximum Gasteiger partial charge on any atom is 0.255 e. The van der Waals surface area contributed by atoms with Gasteiger partial charge in [0.05, 0.1) is 24.6 Å². The monoisotopic (exact) mass is 392 g/mol. The van der Waals surface area contributed by atoms with Crippen LogP contribution in [0.2, 0.25) is 0 Å². The number of nitrogens with one attached hydrogen (secondary N) is 2. The lowest BCUT2D eigenvalue weighted by Gasteiger charge is -2.30. The summed E-state index contributed by atoms with van der Waals surface area (Å²) in [4.78, 5) is 19.2. The first kappa shape index (κ1) is 18.9. The second-order valence-electron chi connectivity index (χ2n) is 6.64. The quantitative estimate of drug-likeness (QED) is 0.686. The van der Waals surface area contributed by atoms with Crippen molar-refractivity contribution in [1.82, 2.24) is 4.98 Å². The van der Waals surface area contributed by atoms with Crippen molar-refractivity contribution in [1.29, 1.82) is 0 Å². The minimum Gasteiger partial charge on any atom is -0.378 e. The van der Waals surface area contributed by atoms with Crippen molar-refractivity contribution in [2.75, 3.05) is 41.8 Å². The van der Waals surface area contributed by atoms with Crippen LogP contribution in [0.5, 0.6) is 0 Å². The van der Waals surface area contributed by atoms with Crippen molar-refractivity contribution in [3.63, 3.8) is 0 Å². The third kappa shape index (κ3) is 4.70. The van der Waals surface area contributed by atoms with Crippen molar-refractivity contribution in [3.8, 4) is 0 Å². The van der Waals surface area contributed by atoms with Gasteiger partial charge >= 0.3 is 0 Å². The molecule has 2 N–H and O–H groups in total. The van der Waals surface area contributed by atoms with Crippen LogP contribution in [0.3, 0.4) is 0 Å². The van der Waals surface area contributed by atoms with Crippen LogP contribution in [-0.2, 0) is 4.74 Å². The Bertz CT molecular complexity index is 1010. The molecular weight excluding hydrogens is 371 g/mol. The fraction of sp³-hybridized carbons (Fsp3) is 0.182. The van der Waals surface area contributed by atoms with E-state index < -0.39 is 0 Å². The summed E-state index contributed by atoms with van der Waals surface area (Å²) in [7, 11) is 0. The molecular formula is C22H21FN4O2. The van der Waals surface area contributed by atoms with Crippen molar-refractivity contribution in [2.45, 2.75) is 0 Å². The minimum absolute atomic E-state index is 0.240. The van der Waals surface area contributed by atoms with Gasteiger partial charge in [-0.25, -0.2) is 9.37 Å². The number of pyridine rings is 1. The summed E-state index contributed by atoms with van der Waals surface area (Å²) in [6, 6.07) is 17.1. The number of para-hydroxylation sites is 2. The molecule has 29 heavy (non-hydrogen) atoms. The molecule has 1 fully saturated rings. The van der Waals surface area contributed by atoms with E-state index in [9.17, 15) is 9.18 Å². The molecule has 1 aromatic heterocycles. The number of ether oxygens (including phenoxy) is 1. The highest BCUT2D eigenvalue weighted by atomic mass is 19.1. The van der Waals surface area contributed by atoms with Gasteiger partial charge in [-0.2, -0.15) is 0 Å². The fourth-order valence-electron chi connectivity index (χ4n) is 3.21. The van der Waals surface area contributed by atoms with Crippen LogP contribution < -0.4 is 15.5 Å². The summed E-state index contributed by atoms with van der Waals surface area (Å²) >= 11 is 0. The number of morpholine rings is 1. The van der Waals surface area contributed by atoms with E-state index >= 15 is 0 Å². The van der Waals surface area contributed by atoms with E-state index in [0.717, 1.165) is 24.5 Å². The molecule has 1 amide bonds. The summed E-state index contributed by atoms with van der Waals surface area (Å²) < 4.78 is 18.8. The lowest BCUT2D eigenvalue weighted by atomic mass is 10.2. The Balaban J connectivity index is 1.51. The topological polar surface area (TPSA) is 66.5 Å². The number of carbonyl (C=O) groups is 1. The number of aromatic nitrogens is 1. The molecule has 2 aromatic carbocycles. The predicted molar refractivity (Wildman–Crippen MR) is 111 cm³/mol. The third-order valence-electron chi connectivity index (χ3n) is 4.62. The molecule has 2 heterocycles. The van der Waals surface area contributed by atoms with Crippen molar-refractivity contribution in [3.05, 3.63) is 78.2 Å². The molecule has 6 nitrogen and oxygen atoms in total. The van der Waals surface area contributed by atoms with Gasteiger partial charge in [-0.15, -0.1) is 0 Å². The standard InChI is InChI=1S/C22H21FN4O2/c23-17-4-3-5-18(15-17)25-21-14-16(8-9-24-21)22(28)26-19-6-1-2-7-20(19)27-10-12-29-13-11-27/h1-9,14-15H,10-13H2,(H,24,25)(H,26,28). The fourth-order valence-corrected chi connectivity index (χ4v) is 3.21. The number of amides is 1. The van der Waals surface area contributed by atoms with Gasteiger partial charge in [-0.1, -0.05) is 18.2 Å². The van der Waals surface area contributed by atoms with Gasteiger partial charge in [0.2, 0.25) is 0 Å². The van der Waals surface area contributed by atoms with Gasteiger partial charge in [0.15, 0.2) is 0 Å². The molecule has 0 radical (unpaired) electrons. The summed E-state index contributed by atoms with van der Waals surface area (Å²) in [6.45, 7) is 2.90. The second kappa shape index (κ2) is 8.70. The Hall–Kier alpha value is -3.45. The normalized spacial score (nSPS) is 13.8. The minimum atomic E-state index is -0.344. The molecule has 4 rings (SSSR count). The maximum atomic E-state index is 13.4. The van der Waals surface area contributed by atoms with Crippen LogP contribution >= 0.6 is 0 Å². The summed E-state index contributed by atoms with van der Waals surface area (Å²) in [5, 5.41) is 6.00. The van der Waals surface area contributed by atoms with E-state index in [1.54, 1.807) is 30.5 Å². The average molecular weight is 392 g/mol. The number of nitrogens with zero attached hydrogens (tertiary/aromatic N) is 2. The van der Waals surface area contributed by atoms with E-state index in [-0.39, 0.29) is 11.7 Å². The van der Waals surface area contributed by atoms with E-state index in [2.05, 4.69) is 20.5 Å². The number of rotatable bonds is 5. The number of benzene rings is 2. The zero-order valence-corrected chi connectivity index (χ0v) is 15.8. The summed E-state index contributed by atoms with van der Waals surface area (Å²) in [6.07, 6.45) is 1.55. The van der Waals surface area contributed by atoms with Crippen LogP contribution in [0, 0.1) is 5.82 Å². The molecule has 0 aliphatic carbocycles. The zero-order valence-electron chi connectivity index (χ0n) is 15.8. The molecule has 0 saturated carbocycles. The first-order valence-electron chi connectivity index (χ1n) is 9.41. The molecule has 1 saturated heterocycles. The van der Waals surface area contributed by atoms with Gasteiger partial charge in [0.1, 0.15) is 11.6 Å². The van der Waals surface area contributed by atoms with Crippen molar-refractivity contribution in [2.24, 2.45) is 0 Å². The molecule has 0 spiro atoms. The van der Waals surface area contributed by atoms with Crippen molar-refractivity contribution >= 4 is 28.8 Å². The number of anilines is 4. The molecule has 148 valence electrons. The van der Waals surface area contributed by atoms with Crippen LogP contribution in [0.4, 0.5) is 27.3 Å². The maximum absolute atomic E-state index is 13.4. The van der Waals surface area contributed by atoms with E-state index in [4.69, 9.17) is 4.74 Å². The number of hydrogen-bond acceptors (Lipinski definition) is 5. The number of hydrogen-bond donors (Lipinski definition) is 2. The van der Waals surface area contributed by atoms with Gasteiger partial charge < -0.3 is 20.3 Å². The third-order valence-corrected chi connectivity index (χ3v) is 4.62. The predicted octanol–water partition coefficient (Wildman–Crippen LogP) is 4.05. The molecule has 1 aliphatic rings. The Morgan fingerprint density at radius 1 is 1.03 bits per heavy atom. The molecule has 3 aromatic rings. The Labute approximate surface area is 168 Å². The lowest BCUT2D eigenvalue weighted by molar-refractivity contribution is 0.102. The van der Waals surface area contributed by atoms with Gasteiger partial charge in [-0.3, -0.25) is 4.79 Å². The number of carbonyl (C=O) groups excluding carboxylic acids is 1. The Kier molecular flexibility index (Phi) is 5.67. The first-order chi connectivity index (χ1) is 14.2. The molecule has 0 bridgehead atoms. The second-order valence-corrected chi connectivity index (χ2v) is 6.64. The Morgan fingerprint density at radius 2 is 1.86 bits per heavy atom. The lowest BCUT2D eigenvalue weighted by Crippen LogP contribution is -2.36. The largest absolute Gasteiger partial charge is 0.378 e. The van der Waals surface area contributed by atoms with Crippen molar-refractivity contribution < 1.29 is 13.9 Å². The van der Waals surface area contributed by atoms with Crippen LogP contribution in [-0.4, -0.2) is 37.2 Å². The number of halogens is 1. The first-order valence-corrected chi connectivity index (χ1v) is 9.41. The SMILES string of the molecule is O=C(Nc1ccccc1N1CCOCC1)c1ccnc(Nc2cccc(F)c2)c1. The highest BCUT2D eigenvalue weighted by Crippen LogP contribution is 2.27. The van der Waals surface area contributed by atoms with Gasteiger partial charge in [-0.05, 0) is 42.5 Å². The van der Waals surface area contributed by atoms with E-state index in [1.807, 2.05) is 24.3 Å². The van der Waals surface area contributed by atoms with Gasteiger partial charge in [0.25, 0.3) is 5.91 Å². The van der Waals surface area contributed by atoms with Crippen LogP contribution in [0.25, 0.3) is 0 Å². The van der Waals surface area contributed by atoms with E-state index in [1.165, 1.54) is 12.1 Å². The Morgan fingerprint density at radius 3 is 2.69 bits per heavy atom. The van der Waals surface area contributed by atoms with Crippen LogP contribution in [0.15, 0.2) is 66.9 Å². The van der Waals surface area contributed by atoms with E-state index in [0.29, 0.717) is 30.3 Å². The van der Waals surface area contributed by atoms with Crippen LogP contribution in [0.1, 0.15) is 10.4 Å². The highest BCUT2D eigenvalue weighted by molar-refractivity contribution is 6.06. The smallest absolute Gasteiger partial charge is 0.255 e. The summed E-state index contributed by atoms with van der Waals surface area (Å²) in [5.41, 5.74) is 2.73. The summed E-state index contributed by atoms with van der Waals surface area (Å²) in [5.74, 6) is -0.122. The average Bonchev–Trinajstić information content (AvgIpc) is 2.75. The molecule has 7 heteroatoms.